The number of fused-ring (bicyclic) bond motifs is 14. The van der Waals surface area contributed by atoms with Crippen molar-refractivity contribution in [1.82, 2.24) is 0 Å². The Labute approximate surface area is 333 Å². The van der Waals surface area contributed by atoms with Gasteiger partial charge in [-0.25, -0.2) is 4.99 Å². The topological polar surface area (TPSA) is 25.5 Å². The average molecular weight is 730 g/mol. The standard InChI is InChI=1S/C55H39NO/c1-35(37-17-5-3-6-18-37)33-49(38-19-7-4-8-20-38)56-36(2)39-21-15-22-40(34-39)41-26-16-29-47-52(41)42-23-9-12-27-45(42)55(47)46-28-13-10-24-43(46)53-48(55)31-32-51-54(53)44-25-11-14-30-50(44)57-51/h3-5,7-17,19-34H,2,6,18H2,1H3/b35-33+,56-49?. The third kappa shape index (κ3) is 5.00. The van der Waals surface area contributed by atoms with Crippen molar-refractivity contribution in [1.29, 1.82) is 0 Å². The van der Waals surface area contributed by atoms with Crippen LogP contribution in [0.4, 0.5) is 0 Å². The van der Waals surface area contributed by atoms with Gasteiger partial charge in [0, 0.05) is 21.9 Å². The predicted octanol–water partition coefficient (Wildman–Crippen LogP) is 14.3. The molecule has 0 bridgehead atoms. The van der Waals surface area contributed by atoms with E-state index in [2.05, 4.69) is 189 Å². The Morgan fingerprint density at radius 2 is 1.30 bits per heavy atom. The van der Waals surface area contributed by atoms with Crippen LogP contribution in [0.3, 0.4) is 0 Å². The molecule has 1 unspecified atom stereocenters. The quantitative estimate of drug-likeness (QED) is 0.156. The van der Waals surface area contributed by atoms with E-state index in [0.29, 0.717) is 0 Å². The van der Waals surface area contributed by atoms with E-state index < -0.39 is 5.41 Å². The van der Waals surface area contributed by atoms with Crippen LogP contribution in [-0.2, 0) is 5.41 Å². The number of furan rings is 1. The van der Waals surface area contributed by atoms with Crippen molar-refractivity contribution in [2.24, 2.45) is 4.99 Å². The maximum atomic E-state index is 6.46. The van der Waals surface area contributed by atoms with Crippen LogP contribution in [0.2, 0.25) is 0 Å². The molecule has 7 aromatic carbocycles. The predicted molar refractivity (Wildman–Crippen MR) is 238 cm³/mol. The minimum Gasteiger partial charge on any atom is -0.456 e. The van der Waals surface area contributed by atoms with Gasteiger partial charge in [0.25, 0.3) is 0 Å². The number of hydrogen-bond donors (Lipinski definition) is 0. The Bertz CT molecular complexity index is 3090. The third-order valence-electron chi connectivity index (χ3n) is 12.3. The van der Waals surface area contributed by atoms with Crippen LogP contribution in [0.15, 0.2) is 209 Å². The highest BCUT2D eigenvalue weighted by molar-refractivity contribution is 6.16. The maximum Gasteiger partial charge on any atom is 0.136 e. The highest BCUT2D eigenvalue weighted by atomic mass is 16.3. The van der Waals surface area contributed by atoms with E-state index >= 15 is 0 Å². The first kappa shape index (κ1) is 33.3. The van der Waals surface area contributed by atoms with Crippen LogP contribution in [0.25, 0.3) is 61.0 Å². The van der Waals surface area contributed by atoms with E-state index in [0.717, 1.165) is 57.5 Å². The van der Waals surface area contributed by atoms with Gasteiger partial charge >= 0.3 is 0 Å². The lowest BCUT2D eigenvalue weighted by atomic mass is 9.70. The van der Waals surface area contributed by atoms with Gasteiger partial charge in [-0.1, -0.05) is 164 Å². The lowest BCUT2D eigenvalue weighted by molar-refractivity contribution is 0.668. The fourth-order valence-corrected chi connectivity index (χ4v) is 9.83. The van der Waals surface area contributed by atoms with Gasteiger partial charge in [0.15, 0.2) is 0 Å². The van der Waals surface area contributed by atoms with Gasteiger partial charge < -0.3 is 4.42 Å². The number of para-hydroxylation sites is 1. The van der Waals surface area contributed by atoms with Gasteiger partial charge in [-0.2, -0.15) is 0 Å². The van der Waals surface area contributed by atoms with Crippen molar-refractivity contribution in [3.63, 3.8) is 0 Å². The molecule has 1 atom stereocenters. The SMILES string of the molecule is C=C(N=C(/C=C(\C)C1=CC=CCC1)c1ccccc1)c1cccc(-c2cccc3c2-c2ccccc2C32c3ccccc3-c3c2ccc2oc4ccccc4c32)c1. The number of allylic oxidation sites excluding steroid dienone is 6. The Hall–Kier alpha value is -7.03. The first-order valence-electron chi connectivity index (χ1n) is 19.9. The molecule has 57 heavy (non-hydrogen) atoms. The number of benzene rings is 7. The fraction of sp³-hybridized carbons (Fsp3) is 0.0727. The van der Waals surface area contributed by atoms with Gasteiger partial charge in [0.1, 0.15) is 11.2 Å². The summed E-state index contributed by atoms with van der Waals surface area (Å²) in [6.45, 7) is 6.74. The van der Waals surface area contributed by atoms with E-state index in [-0.39, 0.29) is 0 Å². The maximum absolute atomic E-state index is 6.46. The molecule has 8 aromatic rings. The first-order valence-corrected chi connectivity index (χ1v) is 19.9. The second kappa shape index (κ2) is 13.0. The van der Waals surface area contributed by atoms with Crippen molar-refractivity contribution in [3.8, 4) is 33.4 Å². The van der Waals surface area contributed by atoms with Crippen molar-refractivity contribution in [2.45, 2.75) is 25.2 Å². The molecule has 270 valence electrons. The summed E-state index contributed by atoms with van der Waals surface area (Å²) in [6, 6.07) is 57.1. The monoisotopic (exact) mass is 729 g/mol. The number of hydrogen-bond acceptors (Lipinski definition) is 2. The van der Waals surface area contributed by atoms with E-state index in [1.54, 1.807) is 0 Å². The average Bonchev–Trinajstić information content (AvgIpc) is 3.91. The molecule has 1 aromatic heterocycles. The normalized spacial score (nSPS) is 16.8. The van der Waals surface area contributed by atoms with Gasteiger partial charge in [-0.3, -0.25) is 0 Å². The lowest BCUT2D eigenvalue weighted by Gasteiger charge is -2.30. The highest BCUT2D eigenvalue weighted by Gasteiger charge is 2.52. The van der Waals surface area contributed by atoms with Crippen LogP contribution < -0.4 is 0 Å². The molecule has 0 amide bonds. The van der Waals surface area contributed by atoms with Crippen LogP contribution in [0.1, 0.15) is 53.1 Å². The molecule has 1 heterocycles. The Balaban J connectivity index is 1.08. The molecule has 0 fully saturated rings. The van der Waals surface area contributed by atoms with Gasteiger partial charge in [-0.05, 0) is 111 Å². The zero-order valence-electron chi connectivity index (χ0n) is 31.8. The van der Waals surface area contributed by atoms with E-state index in [1.165, 1.54) is 66.6 Å². The zero-order valence-corrected chi connectivity index (χ0v) is 31.8. The van der Waals surface area contributed by atoms with Crippen LogP contribution in [0.5, 0.6) is 0 Å². The Morgan fingerprint density at radius 3 is 2.11 bits per heavy atom. The second-order valence-corrected chi connectivity index (χ2v) is 15.4. The molecule has 11 rings (SSSR count). The molecular weight excluding hydrogens is 691 g/mol. The lowest BCUT2D eigenvalue weighted by Crippen LogP contribution is -2.25. The Kier molecular flexibility index (Phi) is 7.62. The summed E-state index contributed by atoms with van der Waals surface area (Å²) in [6.07, 6.45) is 10.9. The first-order chi connectivity index (χ1) is 28.1. The Morgan fingerprint density at radius 1 is 0.632 bits per heavy atom. The fourth-order valence-electron chi connectivity index (χ4n) is 9.83. The molecule has 3 aliphatic rings. The molecular formula is C55H39NO. The minimum atomic E-state index is -0.482. The van der Waals surface area contributed by atoms with Crippen molar-refractivity contribution in [3.05, 3.63) is 233 Å². The summed E-state index contributed by atoms with van der Waals surface area (Å²) in [7, 11) is 0. The summed E-state index contributed by atoms with van der Waals surface area (Å²) < 4.78 is 6.46. The molecule has 0 N–H and O–H groups in total. The number of aliphatic imine (C=N–C) groups is 1. The molecule has 2 nitrogen and oxygen atoms in total. The summed E-state index contributed by atoms with van der Waals surface area (Å²) in [5, 5.41) is 2.34. The summed E-state index contributed by atoms with van der Waals surface area (Å²) >= 11 is 0. The van der Waals surface area contributed by atoms with Gasteiger partial charge in [0.2, 0.25) is 0 Å². The minimum absolute atomic E-state index is 0.482. The van der Waals surface area contributed by atoms with Crippen LogP contribution in [-0.4, -0.2) is 5.71 Å². The molecule has 1 spiro atoms. The highest BCUT2D eigenvalue weighted by Crippen LogP contribution is 2.65. The molecule has 0 aliphatic heterocycles. The summed E-state index contributed by atoms with van der Waals surface area (Å²) in [5.41, 5.74) is 20.3. The van der Waals surface area contributed by atoms with Gasteiger partial charge in [0.05, 0.1) is 16.8 Å². The third-order valence-corrected chi connectivity index (χ3v) is 12.3. The molecule has 0 saturated heterocycles. The smallest absolute Gasteiger partial charge is 0.136 e. The summed E-state index contributed by atoms with van der Waals surface area (Å²) in [5.74, 6) is 0. The zero-order chi connectivity index (χ0) is 38.1. The summed E-state index contributed by atoms with van der Waals surface area (Å²) in [4.78, 5) is 5.24. The number of nitrogens with zero attached hydrogens (tertiary/aromatic N) is 1. The number of rotatable bonds is 6. The van der Waals surface area contributed by atoms with Crippen LogP contribution >= 0.6 is 0 Å². The van der Waals surface area contributed by atoms with Crippen molar-refractivity contribution in [2.75, 3.05) is 0 Å². The van der Waals surface area contributed by atoms with Crippen LogP contribution in [0, 0.1) is 0 Å². The second-order valence-electron chi connectivity index (χ2n) is 15.4. The van der Waals surface area contributed by atoms with E-state index in [9.17, 15) is 0 Å². The molecule has 0 radical (unpaired) electrons. The van der Waals surface area contributed by atoms with E-state index in [1.807, 2.05) is 6.07 Å². The van der Waals surface area contributed by atoms with E-state index in [4.69, 9.17) is 9.41 Å². The molecule has 3 aliphatic carbocycles. The molecule has 0 saturated carbocycles. The van der Waals surface area contributed by atoms with Crippen molar-refractivity contribution >= 4 is 33.3 Å². The molecule has 2 heteroatoms. The van der Waals surface area contributed by atoms with Crippen molar-refractivity contribution < 1.29 is 4.42 Å². The largest absolute Gasteiger partial charge is 0.456 e. The van der Waals surface area contributed by atoms with Gasteiger partial charge in [-0.15, -0.1) is 0 Å².